The number of nitrogens with one attached hydrogen (secondary N) is 1. The third-order valence-corrected chi connectivity index (χ3v) is 4.41. The zero-order valence-electron chi connectivity index (χ0n) is 9.61. The van der Waals surface area contributed by atoms with Crippen LogP contribution in [0.4, 0.5) is 5.13 Å². The Labute approximate surface area is 107 Å². The smallest absolute Gasteiger partial charge is 0.263 e. The van der Waals surface area contributed by atoms with Crippen molar-refractivity contribution < 1.29 is 4.79 Å². The normalized spacial score (nSPS) is 10.5. The molecule has 4 nitrogen and oxygen atoms in total. The topological polar surface area (TPSA) is 68.0 Å². The van der Waals surface area contributed by atoms with Gasteiger partial charge < -0.3 is 11.1 Å². The van der Waals surface area contributed by atoms with E-state index in [0.29, 0.717) is 22.2 Å². The highest BCUT2D eigenvalue weighted by Crippen LogP contribution is 2.20. The van der Waals surface area contributed by atoms with Crippen LogP contribution in [0.2, 0.25) is 0 Å². The van der Waals surface area contributed by atoms with E-state index < -0.39 is 0 Å². The van der Waals surface area contributed by atoms with Crippen LogP contribution in [0.1, 0.15) is 25.8 Å². The molecule has 0 radical (unpaired) electrons. The molecule has 0 aromatic carbocycles. The van der Waals surface area contributed by atoms with Crippen molar-refractivity contribution in [2.45, 2.75) is 20.4 Å². The van der Waals surface area contributed by atoms with E-state index in [1.54, 1.807) is 18.3 Å². The number of thiophene rings is 1. The Kier molecular flexibility index (Phi) is 3.44. The van der Waals surface area contributed by atoms with Gasteiger partial charge in [-0.3, -0.25) is 4.79 Å². The van der Waals surface area contributed by atoms with Gasteiger partial charge in [-0.15, -0.1) is 11.3 Å². The van der Waals surface area contributed by atoms with Crippen LogP contribution in [-0.2, 0) is 6.54 Å². The average Bonchev–Trinajstić information content (AvgIpc) is 2.81. The van der Waals surface area contributed by atoms with Gasteiger partial charge in [-0.05, 0) is 30.9 Å². The van der Waals surface area contributed by atoms with Gasteiger partial charge >= 0.3 is 0 Å². The van der Waals surface area contributed by atoms with Gasteiger partial charge in [0.25, 0.3) is 5.91 Å². The Morgan fingerprint density at radius 2 is 2.29 bits per heavy atom. The zero-order valence-corrected chi connectivity index (χ0v) is 11.2. The summed E-state index contributed by atoms with van der Waals surface area (Å²) in [6.07, 6.45) is 0. The molecule has 0 bridgehead atoms. The number of aromatic nitrogens is 1. The molecule has 1 amide bonds. The highest BCUT2D eigenvalue weighted by molar-refractivity contribution is 7.17. The van der Waals surface area contributed by atoms with Gasteiger partial charge in [0.15, 0.2) is 5.13 Å². The van der Waals surface area contributed by atoms with Crippen LogP contribution in [0, 0.1) is 13.8 Å². The molecule has 0 aliphatic rings. The first-order chi connectivity index (χ1) is 8.08. The lowest BCUT2D eigenvalue weighted by Crippen LogP contribution is -2.22. The van der Waals surface area contributed by atoms with Gasteiger partial charge in [-0.25, -0.2) is 4.98 Å². The summed E-state index contributed by atoms with van der Waals surface area (Å²) >= 11 is 2.87. The van der Waals surface area contributed by atoms with E-state index in [1.165, 1.54) is 21.8 Å². The van der Waals surface area contributed by atoms with Gasteiger partial charge in [0.2, 0.25) is 0 Å². The predicted octanol–water partition coefficient (Wildman–Crippen LogP) is 2.33. The van der Waals surface area contributed by atoms with E-state index in [-0.39, 0.29) is 5.91 Å². The van der Waals surface area contributed by atoms with Crippen LogP contribution >= 0.6 is 22.7 Å². The maximum atomic E-state index is 11.9. The highest BCUT2D eigenvalue weighted by Gasteiger charge is 2.14. The van der Waals surface area contributed by atoms with E-state index >= 15 is 0 Å². The summed E-state index contributed by atoms with van der Waals surface area (Å²) in [5.74, 6) is -0.107. The molecule has 0 saturated carbocycles. The van der Waals surface area contributed by atoms with E-state index in [2.05, 4.69) is 10.3 Å². The highest BCUT2D eigenvalue weighted by atomic mass is 32.1. The molecule has 6 heteroatoms. The Balaban J connectivity index is 2.03. The first kappa shape index (κ1) is 12.1. The third-order valence-electron chi connectivity index (χ3n) is 2.40. The van der Waals surface area contributed by atoms with Crippen molar-refractivity contribution in [2.75, 3.05) is 5.73 Å². The molecule has 2 aromatic rings. The molecule has 0 unspecified atom stereocenters. The lowest BCUT2D eigenvalue weighted by atomic mass is 10.3. The monoisotopic (exact) mass is 267 g/mol. The minimum Gasteiger partial charge on any atom is -0.375 e. The molecule has 0 aliphatic heterocycles. The van der Waals surface area contributed by atoms with Gasteiger partial charge in [-0.1, -0.05) is 11.3 Å². The molecule has 3 N–H and O–H groups in total. The number of carbonyl (C=O) groups is 1. The fourth-order valence-corrected chi connectivity index (χ4v) is 3.05. The summed E-state index contributed by atoms with van der Waals surface area (Å²) in [4.78, 5) is 17.7. The van der Waals surface area contributed by atoms with Gasteiger partial charge in [0.05, 0.1) is 12.2 Å². The molecule has 17 heavy (non-hydrogen) atoms. The van der Waals surface area contributed by atoms with Crippen LogP contribution in [0.15, 0.2) is 11.4 Å². The van der Waals surface area contributed by atoms with Crippen molar-refractivity contribution >= 4 is 33.7 Å². The molecule has 0 aliphatic carbocycles. The standard InChI is InChI=1S/C11H13N3OS2/c1-6-3-4-16-8(6)5-13-10(15)9-7(2)14-11(12)17-9/h3-4H,5H2,1-2H3,(H2,12,14)(H,13,15). The first-order valence-electron chi connectivity index (χ1n) is 5.12. The number of rotatable bonds is 3. The fourth-order valence-electron chi connectivity index (χ4n) is 1.45. The van der Waals surface area contributed by atoms with Gasteiger partial charge in [0, 0.05) is 4.88 Å². The van der Waals surface area contributed by atoms with E-state index in [9.17, 15) is 4.79 Å². The summed E-state index contributed by atoms with van der Waals surface area (Å²) < 4.78 is 0. The molecule has 0 spiro atoms. The Morgan fingerprint density at radius 1 is 1.53 bits per heavy atom. The zero-order chi connectivity index (χ0) is 12.4. The van der Waals surface area contributed by atoms with Crippen molar-refractivity contribution in [3.63, 3.8) is 0 Å². The van der Waals surface area contributed by atoms with Crippen molar-refractivity contribution in [1.29, 1.82) is 0 Å². The van der Waals surface area contributed by atoms with Gasteiger partial charge in [-0.2, -0.15) is 0 Å². The number of carbonyl (C=O) groups excluding carboxylic acids is 1. The minimum atomic E-state index is -0.107. The Hall–Kier alpha value is -1.40. The van der Waals surface area contributed by atoms with Crippen LogP contribution in [0.25, 0.3) is 0 Å². The number of hydrogen-bond donors (Lipinski definition) is 2. The number of thiazole rings is 1. The number of nitrogens with zero attached hydrogens (tertiary/aromatic N) is 1. The quantitative estimate of drug-likeness (QED) is 0.897. The second-order valence-electron chi connectivity index (χ2n) is 3.68. The number of anilines is 1. The number of aryl methyl sites for hydroxylation is 2. The van der Waals surface area contributed by atoms with Crippen LogP contribution < -0.4 is 11.1 Å². The molecule has 0 fully saturated rings. The van der Waals surface area contributed by atoms with Crippen LogP contribution in [0.5, 0.6) is 0 Å². The van der Waals surface area contributed by atoms with Gasteiger partial charge in [0.1, 0.15) is 4.88 Å². The maximum Gasteiger partial charge on any atom is 0.263 e. The first-order valence-corrected chi connectivity index (χ1v) is 6.81. The fraction of sp³-hybridized carbons (Fsp3) is 0.273. The Morgan fingerprint density at radius 3 is 2.82 bits per heavy atom. The second kappa shape index (κ2) is 4.85. The number of hydrogen-bond acceptors (Lipinski definition) is 5. The number of nitrogen functional groups attached to an aromatic ring is 1. The third kappa shape index (κ3) is 2.65. The lowest BCUT2D eigenvalue weighted by molar-refractivity contribution is 0.0954. The lowest BCUT2D eigenvalue weighted by Gasteiger charge is -2.03. The number of nitrogens with two attached hydrogens (primary N) is 1. The van der Waals surface area contributed by atoms with Crippen molar-refractivity contribution in [2.24, 2.45) is 0 Å². The predicted molar refractivity (Wildman–Crippen MR) is 71.5 cm³/mol. The summed E-state index contributed by atoms with van der Waals surface area (Å²) in [6, 6.07) is 2.04. The molecule has 90 valence electrons. The summed E-state index contributed by atoms with van der Waals surface area (Å²) in [7, 11) is 0. The SMILES string of the molecule is Cc1ccsc1CNC(=O)c1sc(N)nc1C. The Bertz CT molecular complexity index is 545. The van der Waals surface area contributed by atoms with Crippen molar-refractivity contribution in [3.8, 4) is 0 Å². The van der Waals surface area contributed by atoms with E-state index in [0.717, 1.165) is 0 Å². The second-order valence-corrected chi connectivity index (χ2v) is 5.71. The molecule has 2 rings (SSSR count). The minimum absolute atomic E-state index is 0.107. The molecule has 2 aromatic heterocycles. The van der Waals surface area contributed by atoms with E-state index in [4.69, 9.17) is 5.73 Å². The molecule has 0 atom stereocenters. The molecular formula is C11H13N3OS2. The maximum absolute atomic E-state index is 11.9. The summed E-state index contributed by atoms with van der Waals surface area (Å²) in [5.41, 5.74) is 7.45. The molecule has 2 heterocycles. The van der Waals surface area contributed by atoms with Crippen molar-refractivity contribution in [3.05, 3.63) is 32.5 Å². The van der Waals surface area contributed by atoms with Crippen molar-refractivity contribution in [1.82, 2.24) is 10.3 Å². The summed E-state index contributed by atoms with van der Waals surface area (Å²) in [6.45, 7) is 4.38. The number of amides is 1. The largest absolute Gasteiger partial charge is 0.375 e. The van der Waals surface area contributed by atoms with E-state index in [1.807, 2.05) is 18.4 Å². The van der Waals surface area contributed by atoms with Crippen LogP contribution in [-0.4, -0.2) is 10.9 Å². The van der Waals surface area contributed by atoms with Crippen LogP contribution in [0.3, 0.4) is 0 Å². The molecule has 0 saturated heterocycles. The summed E-state index contributed by atoms with van der Waals surface area (Å²) in [5, 5.41) is 5.33. The average molecular weight is 267 g/mol. The molecular weight excluding hydrogens is 254 g/mol.